The van der Waals surface area contributed by atoms with Gasteiger partial charge in [0, 0.05) is 27.7 Å². The van der Waals surface area contributed by atoms with Crippen molar-refractivity contribution in [2.45, 2.75) is 0 Å². The van der Waals surface area contributed by atoms with Crippen LogP contribution in [0.4, 0.5) is 8.78 Å². The normalized spacial score (nSPS) is 14.8. The molecule has 0 spiro atoms. The Hall–Kier alpha value is -6.29. The molecular formula is C31H9F2N7. The van der Waals surface area contributed by atoms with Crippen LogP contribution in [0.2, 0.25) is 0 Å². The summed E-state index contributed by atoms with van der Waals surface area (Å²) in [6.07, 6.45) is 0. The summed E-state index contributed by atoms with van der Waals surface area (Å²) in [5, 5.41) is 19.9. The molecular weight excluding hydrogens is 508 g/mol. The van der Waals surface area contributed by atoms with Crippen molar-refractivity contribution in [1.82, 2.24) is 15.0 Å². The van der Waals surface area contributed by atoms with E-state index in [0.717, 1.165) is 0 Å². The second-order valence-electron chi connectivity index (χ2n) is 9.11. The summed E-state index contributed by atoms with van der Waals surface area (Å²) in [5.41, 5.74) is 5.29. The first-order valence-corrected chi connectivity index (χ1v) is 11.8. The van der Waals surface area contributed by atoms with Crippen LogP contribution in [-0.2, 0) is 0 Å². The number of benzene rings is 3. The molecule has 0 bridgehead atoms. The van der Waals surface area contributed by atoms with Crippen LogP contribution in [0.25, 0.3) is 65.2 Å². The second-order valence-corrected chi connectivity index (χ2v) is 9.11. The summed E-state index contributed by atoms with van der Waals surface area (Å²) in [4.78, 5) is 21.0. The van der Waals surface area contributed by atoms with Gasteiger partial charge in [-0.25, -0.2) is 43.9 Å². The summed E-state index contributed by atoms with van der Waals surface area (Å²) in [5.74, 6) is -1.01. The van der Waals surface area contributed by atoms with E-state index >= 15 is 0 Å². The molecule has 0 N–H and O–H groups in total. The van der Waals surface area contributed by atoms with E-state index in [9.17, 15) is 19.3 Å². The fourth-order valence-electron chi connectivity index (χ4n) is 5.38. The Kier molecular flexibility index (Phi) is 4.63. The summed E-state index contributed by atoms with van der Waals surface area (Å²) in [7, 11) is 0. The van der Waals surface area contributed by atoms with Crippen LogP contribution >= 0.6 is 0 Å². The number of hydrogen-bond donors (Lipinski definition) is 0. The van der Waals surface area contributed by atoms with Gasteiger partial charge >= 0.3 is 0 Å². The van der Waals surface area contributed by atoms with E-state index in [-0.39, 0.29) is 22.5 Å². The molecule has 40 heavy (non-hydrogen) atoms. The molecule has 0 fully saturated rings. The first-order valence-electron chi connectivity index (χ1n) is 11.8. The molecule has 0 radical (unpaired) electrons. The van der Waals surface area contributed by atoms with Crippen molar-refractivity contribution in [3.8, 4) is 34.5 Å². The van der Waals surface area contributed by atoms with Gasteiger partial charge in [-0.3, -0.25) is 0 Å². The number of pyridine rings is 1. The molecule has 7 nitrogen and oxygen atoms in total. The van der Waals surface area contributed by atoms with Gasteiger partial charge in [0.25, 0.3) is 11.4 Å². The van der Waals surface area contributed by atoms with Gasteiger partial charge in [-0.1, -0.05) is 6.07 Å². The smallest absolute Gasteiger partial charge is 0.248 e. The summed E-state index contributed by atoms with van der Waals surface area (Å²) in [6.45, 7) is 15.0. The largest absolute Gasteiger partial charge is 0.271 e. The zero-order valence-electron chi connectivity index (χ0n) is 20.1. The van der Waals surface area contributed by atoms with Gasteiger partial charge in [0.15, 0.2) is 0 Å². The van der Waals surface area contributed by atoms with Gasteiger partial charge < -0.3 is 0 Å². The van der Waals surface area contributed by atoms with Crippen LogP contribution in [0.15, 0.2) is 66.0 Å². The molecule has 0 atom stereocenters. The summed E-state index contributed by atoms with van der Waals surface area (Å²) < 4.78 is 28.4. The van der Waals surface area contributed by atoms with E-state index in [4.69, 9.17) is 28.1 Å². The van der Waals surface area contributed by atoms with E-state index in [1.54, 1.807) is 24.3 Å². The van der Waals surface area contributed by atoms with Gasteiger partial charge in [0.1, 0.15) is 11.6 Å². The second kappa shape index (κ2) is 8.10. The molecule has 2 aliphatic rings. The summed E-state index contributed by atoms with van der Waals surface area (Å²) in [6, 6.07) is 17.4. The van der Waals surface area contributed by atoms with Gasteiger partial charge in [-0.2, -0.15) is 0 Å². The lowest BCUT2D eigenvalue weighted by atomic mass is 10.0. The van der Waals surface area contributed by atoms with Crippen LogP contribution in [0.1, 0.15) is 22.5 Å². The van der Waals surface area contributed by atoms with E-state index in [1.807, 2.05) is 18.2 Å². The Morgan fingerprint density at radius 1 is 0.600 bits per heavy atom. The Morgan fingerprint density at radius 3 is 1.80 bits per heavy atom. The van der Waals surface area contributed by atoms with Crippen molar-refractivity contribution < 1.29 is 8.78 Å². The molecule has 2 heterocycles. The van der Waals surface area contributed by atoms with Crippen molar-refractivity contribution in [3.05, 3.63) is 123 Å². The molecule has 0 saturated carbocycles. The lowest BCUT2D eigenvalue weighted by molar-refractivity contribution is 0.627. The molecule has 9 heteroatoms. The highest BCUT2D eigenvalue weighted by atomic mass is 19.1. The third-order valence-electron chi connectivity index (χ3n) is 7.03. The Balaban J connectivity index is 1.54. The molecule has 0 aliphatic heterocycles. The van der Waals surface area contributed by atoms with E-state index in [0.29, 0.717) is 66.8 Å². The van der Waals surface area contributed by atoms with Gasteiger partial charge in [-0.05, 0) is 65.2 Å². The molecule has 3 aromatic carbocycles. The standard InChI is InChI=1S/C31H9F2N7/c1-36-25(12-34)27-19-9-15(32)3-5-17(19)21-7-14-8-23-24(11-22(14)38-29(21)27)40-31-28(26(13-35)37-2)20-10-16(33)4-6-18(20)30(31)39-23/h3-11H/b27-25-,28-26+. The Morgan fingerprint density at radius 2 is 1.15 bits per heavy atom. The highest BCUT2D eigenvalue weighted by Crippen LogP contribution is 2.48. The maximum atomic E-state index is 14.2. The minimum absolute atomic E-state index is 0.196. The predicted octanol–water partition coefficient (Wildman–Crippen LogP) is 6.82. The molecule has 5 aromatic rings. The highest BCUT2D eigenvalue weighted by Gasteiger charge is 2.32. The fourth-order valence-corrected chi connectivity index (χ4v) is 5.38. The average Bonchev–Trinajstić information content (AvgIpc) is 3.42. The van der Waals surface area contributed by atoms with E-state index in [1.165, 1.54) is 24.3 Å². The molecule has 182 valence electrons. The predicted molar refractivity (Wildman–Crippen MR) is 142 cm³/mol. The van der Waals surface area contributed by atoms with E-state index < -0.39 is 11.6 Å². The fraction of sp³-hybridized carbons (Fsp3) is 0. The number of nitrogens with zero attached hydrogens (tertiary/aromatic N) is 7. The number of rotatable bonds is 0. The molecule has 0 amide bonds. The number of allylic oxidation sites excluding steroid dienone is 2. The average molecular weight is 517 g/mol. The zero-order valence-corrected chi connectivity index (χ0v) is 20.1. The number of aromatic nitrogens is 3. The van der Waals surface area contributed by atoms with Gasteiger partial charge in [0.2, 0.25) is 0 Å². The maximum Gasteiger partial charge on any atom is 0.271 e. The monoisotopic (exact) mass is 517 g/mol. The van der Waals surface area contributed by atoms with Crippen LogP contribution in [0, 0.1) is 47.4 Å². The number of halogens is 2. The third kappa shape index (κ3) is 3.01. The van der Waals surface area contributed by atoms with Gasteiger partial charge in [-0.15, -0.1) is 0 Å². The first kappa shape index (κ1) is 22.9. The molecule has 2 aromatic heterocycles. The van der Waals surface area contributed by atoms with Crippen LogP contribution in [-0.4, -0.2) is 15.0 Å². The highest BCUT2D eigenvalue weighted by molar-refractivity contribution is 6.07. The quantitative estimate of drug-likeness (QED) is 0.125. The SMILES string of the molecule is [C-]#[N+]/C(C#N)=C1/c2cc(F)ccc2-c2cc3cc4nc5c(nc4cc3nc21)/C(=C(\C#N)[N+]#[C-])c1cc(F)ccc1-5. The molecule has 0 unspecified atom stereocenters. The van der Waals surface area contributed by atoms with Crippen LogP contribution in [0.3, 0.4) is 0 Å². The summed E-state index contributed by atoms with van der Waals surface area (Å²) >= 11 is 0. The molecule has 0 saturated heterocycles. The van der Waals surface area contributed by atoms with Crippen LogP contribution in [0.5, 0.6) is 0 Å². The lowest BCUT2D eigenvalue weighted by Gasteiger charge is -2.08. The van der Waals surface area contributed by atoms with Crippen molar-refractivity contribution >= 4 is 33.1 Å². The molecule has 7 rings (SSSR count). The van der Waals surface area contributed by atoms with Crippen molar-refractivity contribution in [2.24, 2.45) is 0 Å². The third-order valence-corrected chi connectivity index (χ3v) is 7.03. The maximum absolute atomic E-state index is 14.2. The van der Waals surface area contributed by atoms with Gasteiger partial charge in [0.05, 0.1) is 58.9 Å². The lowest BCUT2D eigenvalue weighted by Crippen LogP contribution is -1.96. The van der Waals surface area contributed by atoms with Crippen molar-refractivity contribution in [2.75, 3.05) is 0 Å². The minimum atomic E-state index is -0.513. The van der Waals surface area contributed by atoms with Crippen molar-refractivity contribution in [1.29, 1.82) is 10.5 Å². The topological polar surface area (TPSA) is 95.0 Å². The number of fused-ring (bicyclic) bond motifs is 8. The Bertz CT molecular complexity index is 2100. The van der Waals surface area contributed by atoms with Crippen LogP contribution < -0.4 is 0 Å². The zero-order chi connectivity index (χ0) is 27.7. The van der Waals surface area contributed by atoms with E-state index in [2.05, 4.69) is 9.69 Å². The molecule has 2 aliphatic carbocycles. The number of nitriles is 2. The Labute approximate surface area is 224 Å². The first-order chi connectivity index (χ1) is 19.4. The van der Waals surface area contributed by atoms with Crippen molar-refractivity contribution in [3.63, 3.8) is 0 Å². The minimum Gasteiger partial charge on any atom is -0.248 e. The number of hydrogen-bond acceptors (Lipinski definition) is 5.